The molecule has 0 saturated carbocycles. The van der Waals surface area contributed by atoms with Crippen LogP contribution >= 0.6 is 11.6 Å². The number of imidazole rings is 1. The molecular weight excluding hydrogens is 234 g/mol. The fraction of sp³-hybridized carbons (Fsp3) is 0.308. The van der Waals surface area contributed by atoms with Crippen molar-refractivity contribution >= 4 is 11.6 Å². The van der Waals surface area contributed by atoms with Crippen molar-refractivity contribution in [2.24, 2.45) is 5.73 Å². The van der Waals surface area contributed by atoms with Gasteiger partial charge in [-0.3, -0.25) is 0 Å². The molecule has 1 atom stereocenters. The molecule has 2 N–H and O–H groups in total. The number of aryl methyl sites for hydroxylation is 1. The van der Waals surface area contributed by atoms with Crippen molar-refractivity contribution in [2.75, 3.05) is 0 Å². The van der Waals surface area contributed by atoms with E-state index in [2.05, 4.69) is 9.55 Å². The average Bonchev–Trinajstić information content (AvgIpc) is 2.75. The molecule has 2 aromatic rings. The average molecular weight is 248 g/mol. The van der Waals surface area contributed by atoms with Gasteiger partial charge in [-0.25, -0.2) is 4.98 Å². The van der Waals surface area contributed by atoms with Crippen molar-refractivity contribution in [3.05, 3.63) is 41.2 Å². The number of hydrogen-bond donors (Lipinski definition) is 1. The van der Waals surface area contributed by atoms with Crippen molar-refractivity contribution in [2.45, 2.75) is 25.4 Å². The summed E-state index contributed by atoms with van der Waals surface area (Å²) in [7, 11) is 0. The zero-order valence-corrected chi connectivity index (χ0v) is 10.2. The maximum atomic E-state index is 6.21. The lowest BCUT2D eigenvalue weighted by atomic mass is 10.1. The zero-order valence-electron chi connectivity index (χ0n) is 9.44. The van der Waals surface area contributed by atoms with Crippen molar-refractivity contribution in [3.8, 4) is 11.4 Å². The highest BCUT2D eigenvalue weighted by molar-refractivity contribution is 6.33. The highest BCUT2D eigenvalue weighted by Crippen LogP contribution is 2.32. The first kappa shape index (κ1) is 10.8. The normalized spacial score (nSPS) is 19.1. The fourth-order valence-corrected chi connectivity index (χ4v) is 2.63. The number of fused-ring (bicyclic) bond motifs is 1. The fourth-order valence-electron chi connectivity index (χ4n) is 2.41. The van der Waals surface area contributed by atoms with Crippen LogP contribution in [0.25, 0.3) is 11.4 Å². The van der Waals surface area contributed by atoms with Gasteiger partial charge < -0.3 is 10.3 Å². The predicted octanol–water partition coefficient (Wildman–Crippen LogP) is 3.00. The summed E-state index contributed by atoms with van der Waals surface area (Å²) in [6.45, 7) is 0. The van der Waals surface area contributed by atoms with E-state index in [1.807, 2.05) is 30.5 Å². The molecule has 17 heavy (non-hydrogen) atoms. The number of benzene rings is 1. The van der Waals surface area contributed by atoms with Crippen LogP contribution in [0, 0.1) is 0 Å². The lowest BCUT2D eigenvalue weighted by molar-refractivity contribution is 0.418. The van der Waals surface area contributed by atoms with Crippen LogP contribution in [0.3, 0.4) is 0 Å². The largest absolute Gasteiger partial charge is 0.312 e. The summed E-state index contributed by atoms with van der Waals surface area (Å²) in [6.07, 6.45) is 5.12. The summed E-state index contributed by atoms with van der Waals surface area (Å²) < 4.78 is 2.12. The third-order valence-electron chi connectivity index (χ3n) is 3.25. The van der Waals surface area contributed by atoms with Gasteiger partial charge in [0, 0.05) is 17.5 Å². The maximum absolute atomic E-state index is 6.21. The molecule has 0 bridgehead atoms. The van der Waals surface area contributed by atoms with Crippen molar-refractivity contribution in [1.82, 2.24) is 9.55 Å². The number of halogens is 1. The van der Waals surface area contributed by atoms with Crippen LogP contribution in [-0.4, -0.2) is 9.55 Å². The lowest BCUT2D eigenvalue weighted by Gasteiger charge is -2.24. The molecule has 1 unspecified atom stereocenters. The second kappa shape index (κ2) is 4.17. The second-order valence-electron chi connectivity index (χ2n) is 4.38. The summed E-state index contributed by atoms with van der Waals surface area (Å²) in [5.41, 5.74) is 8.32. The van der Waals surface area contributed by atoms with Gasteiger partial charge in [0.2, 0.25) is 0 Å². The van der Waals surface area contributed by atoms with Crippen molar-refractivity contribution in [3.63, 3.8) is 0 Å². The standard InChI is InChI=1S/C13H14ClN3/c14-11-6-2-1-5-10(11)13-16-8-9-4-3-7-12(15)17(9)13/h1-2,5-6,8,12H,3-4,7,15H2. The second-order valence-corrected chi connectivity index (χ2v) is 4.79. The summed E-state index contributed by atoms with van der Waals surface area (Å²) in [6, 6.07) is 7.76. The van der Waals surface area contributed by atoms with E-state index in [0.717, 1.165) is 35.7 Å². The highest BCUT2D eigenvalue weighted by Gasteiger charge is 2.21. The van der Waals surface area contributed by atoms with Gasteiger partial charge in [-0.1, -0.05) is 23.7 Å². The number of aromatic nitrogens is 2. The van der Waals surface area contributed by atoms with Crippen molar-refractivity contribution < 1.29 is 0 Å². The van der Waals surface area contributed by atoms with E-state index in [1.54, 1.807) is 0 Å². The molecule has 1 aliphatic rings. The first-order valence-electron chi connectivity index (χ1n) is 5.84. The van der Waals surface area contributed by atoms with E-state index in [1.165, 1.54) is 5.69 Å². The number of hydrogen-bond acceptors (Lipinski definition) is 2. The van der Waals surface area contributed by atoms with Gasteiger partial charge in [-0.2, -0.15) is 0 Å². The molecule has 1 aromatic carbocycles. The highest BCUT2D eigenvalue weighted by atomic mass is 35.5. The molecule has 0 saturated heterocycles. The first-order valence-corrected chi connectivity index (χ1v) is 6.22. The third kappa shape index (κ3) is 1.75. The Morgan fingerprint density at radius 2 is 2.18 bits per heavy atom. The van der Waals surface area contributed by atoms with Crippen LogP contribution in [0.15, 0.2) is 30.5 Å². The van der Waals surface area contributed by atoms with E-state index in [4.69, 9.17) is 17.3 Å². The van der Waals surface area contributed by atoms with Gasteiger partial charge in [0.25, 0.3) is 0 Å². The van der Waals surface area contributed by atoms with E-state index in [0.29, 0.717) is 0 Å². The topological polar surface area (TPSA) is 43.8 Å². The minimum Gasteiger partial charge on any atom is -0.312 e. The van der Waals surface area contributed by atoms with E-state index >= 15 is 0 Å². The van der Waals surface area contributed by atoms with Crippen molar-refractivity contribution in [1.29, 1.82) is 0 Å². The Morgan fingerprint density at radius 3 is 3.00 bits per heavy atom. The smallest absolute Gasteiger partial charge is 0.142 e. The Labute approximate surface area is 105 Å². The summed E-state index contributed by atoms with van der Waals surface area (Å²) >= 11 is 6.21. The van der Waals surface area contributed by atoms with Crippen LogP contribution in [0.2, 0.25) is 5.02 Å². The molecule has 4 heteroatoms. The van der Waals surface area contributed by atoms with Gasteiger partial charge in [0.05, 0.1) is 11.2 Å². The summed E-state index contributed by atoms with van der Waals surface area (Å²) in [5.74, 6) is 0.887. The molecule has 0 fully saturated rings. The first-order chi connectivity index (χ1) is 8.27. The van der Waals surface area contributed by atoms with Gasteiger partial charge in [-0.05, 0) is 31.4 Å². The quantitative estimate of drug-likeness (QED) is 0.842. The minimum absolute atomic E-state index is 0.0209. The Kier molecular flexibility index (Phi) is 2.65. The van der Waals surface area contributed by atoms with Crippen LogP contribution < -0.4 is 5.73 Å². The van der Waals surface area contributed by atoms with E-state index in [9.17, 15) is 0 Å². The molecule has 1 aromatic heterocycles. The summed E-state index contributed by atoms with van der Waals surface area (Å²) in [5, 5.41) is 0.721. The molecule has 0 radical (unpaired) electrons. The van der Waals surface area contributed by atoms with Crippen LogP contribution in [0.5, 0.6) is 0 Å². The van der Waals surface area contributed by atoms with E-state index < -0.39 is 0 Å². The molecule has 1 aliphatic heterocycles. The minimum atomic E-state index is 0.0209. The Bertz CT molecular complexity index is 547. The monoisotopic (exact) mass is 247 g/mol. The van der Waals surface area contributed by atoms with Gasteiger partial charge in [-0.15, -0.1) is 0 Å². The third-order valence-corrected chi connectivity index (χ3v) is 3.58. The van der Waals surface area contributed by atoms with Gasteiger partial charge >= 0.3 is 0 Å². The molecular formula is C13H14ClN3. The number of nitrogens with zero attached hydrogens (tertiary/aromatic N) is 2. The molecule has 88 valence electrons. The van der Waals surface area contributed by atoms with Gasteiger partial charge in [0.15, 0.2) is 0 Å². The van der Waals surface area contributed by atoms with E-state index in [-0.39, 0.29) is 6.17 Å². The van der Waals surface area contributed by atoms with Gasteiger partial charge in [0.1, 0.15) is 5.82 Å². The van der Waals surface area contributed by atoms with Crippen LogP contribution in [-0.2, 0) is 6.42 Å². The SMILES string of the molecule is NC1CCCc2cnc(-c3ccccc3Cl)n21. The van der Waals surface area contributed by atoms with Crippen LogP contribution in [0.1, 0.15) is 24.7 Å². The zero-order chi connectivity index (χ0) is 11.8. The molecule has 0 aliphatic carbocycles. The molecule has 2 heterocycles. The molecule has 3 nitrogen and oxygen atoms in total. The van der Waals surface area contributed by atoms with Crippen LogP contribution in [0.4, 0.5) is 0 Å². The molecule has 0 amide bonds. The number of rotatable bonds is 1. The number of nitrogens with two attached hydrogens (primary N) is 1. The Morgan fingerprint density at radius 1 is 1.35 bits per heavy atom. The Hall–Kier alpha value is -1.32. The lowest BCUT2D eigenvalue weighted by Crippen LogP contribution is -2.25. The predicted molar refractivity (Wildman–Crippen MR) is 68.8 cm³/mol. The molecule has 0 spiro atoms. The molecule has 3 rings (SSSR count). The Balaban J connectivity index is 2.17. The summed E-state index contributed by atoms with van der Waals surface area (Å²) in [4.78, 5) is 4.48. The maximum Gasteiger partial charge on any atom is 0.142 e.